The lowest BCUT2D eigenvalue weighted by Gasteiger charge is -2.14. The molecule has 35 heavy (non-hydrogen) atoms. The summed E-state index contributed by atoms with van der Waals surface area (Å²) in [5.41, 5.74) is 3.09. The van der Waals surface area contributed by atoms with Crippen LogP contribution in [0.15, 0.2) is 72.8 Å². The fourth-order valence-corrected chi connectivity index (χ4v) is 4.94. The zero-order valence-electron chi connectivity index (χ0n) is 19.8. The molecule has 0 atom stereocenters. The van der Waals surface area contributed by atoms with E-state index in [1.807, 2.05) is 48.5 Å². The summed E-state index contributed by atoms with van der Waals surface area (Å²) >= 11 is 1.60. The molecule has 5 nitrogen and oxygen atoms in total. The monoisotopic (exact) mass is 486 g/mol. The largest absolute Gasteiger partial charge is 0.478 e. The highest BCUT2D eigenvalue weighted by molar-refractivity contribution is 7.22. The fraction of sp³-hybridized carbons (Fsp3) is 0.172. The van der Waals surface area contributed by atoms with Crippen molar-refractivity contribution in [1.29, 1.82) is 0 Å². The average molecular weight is 487 g/mol. The Kier molecular flexibility index (Phi) is 7.32. The molecule has 4 rings (SSSR count). The maximum atomic E-state index is 11.8. The molecule has 0 unspecified atom stereocenters. The first-order chi connectivity index (χ1) is 16.9. The number of esters is 1. The van der Waals surface area contributed by atoms with Crippen molar-refractivity contribution in [2.24, 2.45) is 0 Å². The van der Waals surface area contributed by atoms with Gasteiger partial charge in [-0.25, -0.2) is 4.79 Å². The zero-order valence-corrected chi connectivity index (χ0v) is 20.6. The van der Waals surface area contributed by atoms with E-state index in [1.165, 1.54) is 11.6 Å². The molecule has 0 aliphatic rings. The van der Waals surface area contributed by atoms with Crippen LogP contribution in [0.4, 0.5) is 0 Å². The van der Waals surface area contributed by atoms with Crippen LogP contribution in [0.25, 0.3) is 26.6 Å². The van der Waals surface area contributed by atoms with Crippen molar-refractivity contribution in [3.63, 3.8) is 0 Å². The van der Waals surface area contributed by atoms with Crippen LogP contribution < -0.4 is 9.47 Å². The zero-order chi connectivity index (χ0) is 24.9. The summed E-state index contributed by atoms with van der Waals surface area (Å²) in [4.78, 5) is 23.6. The molecule has 0 fully saturated rings. The van der Waals surface area contributed by atoms with Gasteiger partial charge in [0.05, 0.1) is 4.88 Å². The third kappa shape index (κ3) is 5.61. The summed E-state index contributed by atoms with van der Waals surface area (Å²) in [5.74, 6) is 0.940. The van der Waals surface area contributed by atoms with E-state index in [9.17, 15) is 9.59 Å². The molecule has 0 bridgehead atoms. The second kappa shape index (κ2) is 10.6. The van der Waals surface area contributed by atoms with Crippen LogP contribution in [0, 0.1) is 0 Å². The summed E-state index contributed by atoms with van der Waals surface area (Å²) in [6.07, 6.45) is 2.95. The second-order valence-corrected chi connectivity index (χ2v) is 9.38. The van der Waals surface area contributed by atoms with Gasteiger partial charge in [-0.1, -0.05) is 57.2 Å². The minimum absolute atomic E-state index is 0.278. The normalized spacial score (nSPS) is 11.3. The third-order valence-electron chi connectivity index (χ3n) is 5.48. The molecular weight excluding hydrogens is 460 g/mol. The van der Waals surface area contributed by atoms with Crippen molar-refractivity contribution < 1.29 is 24.2 Å². The predicted octanol–water partition coefficient (Wildman–Crippen LogP) is 7.90. The molecule has 0 radical (unpaired) electrons. The van der Waals surface area contributed by atoms with E-state index in [2.05, 4.69) is 26.0 Å². The van der Waals surface area contributed by atoms with Gasteiger partial charge in [-0.05, 0) is 59.0 Å². The average Bonchev–Trinajstić information content (AvgIpc) is 3.20. The van der Waals surface area contributed by atoms with Crippen LogP contribution in [0.2, 0.25) is 0 Å². The van der Waals surface area contributed by atoms with Crippen LogP contribution in [0.5, 0.6) is 17.2 Å². The minimum atomic E-state index is -0.993. The van der Waals surface area contributed by atoms with E-state index >= 15 is 0 Å². The van der Waals surface area contributed by atoms with Crippen molar-refractivity contribution in [3.8, 4) is 27.7 Å². The molecule has 0 aliphatic heterocycles. The van der Waals surface area contributed by atoms with E-state index in [0.717, 1.165) is 37.9 Å². The first kappa shape index (κ1) is 24.2. The molecule has 178 valence electrons. The first-order valence-corrected chi connectivity index (χ1v) is 12.2. The SMILES string of the molecule is CCC(=O)Oc1ccc2c(Oc3ccc(C=CC(=O)O)cc3)c(-c3ccccc3C(C)C)sc2c1. The molecule has 0 aliphatic carbocycles. The molecule has 3 aromatic carbocycles. The summed E-state index contributed by atoms with van der Waals surface area (Å²) in [6, 6.07) is 21.1. The number of hydrogen-bond donors (Lipinski definition) is 1. The Morgan fingerprint density at radius 1 is 1.00 bits per heavy atom. The van der Waals surface area contributed by atoms with Crippen molar-refractivity contribution >= 4 is 39.4 Å². The van der Waals surface area contributed by atoms with Gasteiger partial charge in [0, 0.05) is 22.6 Å². The summed E-state index contributed by atoms with van der Waals surface area (Å²) in [6.45, 7) is 6.10. The number of aliphatic carboxylic acids is 1. The standard InChI is InChI=1S/C29H26O5S/c1-4-27(32)33-21-14-15-24-25(17-21)35-29(23-8-6-5-7-22(23)18(2)3)28(24)34-20-12-9-19(10-13-20)11-16-26(30)31/h5-18H,4H2,1-3H3,(H,30,31). The molecule has 0 amide bonds. The van der Waals surface area contributed by atoms with E-state index in [-0.39, 0.29) is 5.97 Å². The number of fused-ring (bicyclic) bond motifs is 1. The lowest BCUT2D eigenvalue weighted by molar-refractivity contribution is -0.134. The molecule has 0 saturated heterocycles. The van der Waals surface area contributed by atoms with Crippen molar-refractivity contribution in [2.45, 2.75) is 33.1 Å². The summed E-state index contributed by atoms with van der Waals surface area (Å²) < 4.78 is 12.8. The Balaban J connectivity index is 1.80. The van der Waals surface area contributed by atoms with Crippen molar-refractivity contribution in [1.82, 2.24) is 0 Å². The molecule has 1 aromatic heterocycles. The highest BCUT2D eigenvalue weighted by Gasteiger charge is 2.20. The van der Waals surface area contributed by atoms with Crippen LogP contribution in [0.3, 0.4) is 0 Å². The van der Waals surface area contributed by atoms with Crippen LogP contribution in [0.1, 0.15) is 44.2 Å². The second-order valence-electron chi connectivity index (χ2n) is 8.33. The Morgan fingerprint density at radius 2 is 1.71 bits per heavy atom. The van der Waals surface area contributed by atoms with Crippen LogP contribution in [-0.2, 0) is 9.59 Å². The summed E-state index contributed by atoms with van der Waals surface area (Å²) in [5, 5.41) is 9.77. The van der Waals surface area contributed by atoms with E-state index in [0.29, 0.717) is 23.8 Å². The van der Waals surface area contributed by atoms with Gasteiger partial charge >= 0.3 is 11.9 Å². The lowest BCUT2D eigenvalue weighted by atomic mass is 9.96. The highest BCUT2D eigenvalue weighted by atomic mass is 32.1. The molecule has 0 saturated carbocycles. The Hall–Kier alpha value is -3.90. The van der Waals surface area contributed by atoms with Gasteiger partial charge in [-0.15, -0.1) is 11.3 Å². The first-order valence-electron chi connectivity index (χ1n) is 11.4. The predicted molar refractivity (Wildman–Crippen MR) is 140 cm³/mol. The number of carbonyl (C=O) groups is 2. The minimum Gasteiger partial charge on any atom is -0.478 e. The van der Waals surface area contributed by atoms with E-state index in [4.69, 9.17) is 14.6 Å². The molecule has 4 aromatic rings. The van der Waals surface area contributed by atoms with E-state index < -0.39 is 5.97 Å². The van der Waals surface area contributed by atoms with Crippen molar-refractivity contribution in [2.75, 3.05) is 0 Å². The molecular formula is C29H26O5S. The number of hydrogen-bond acceptors (Lipinski definition) is 5. The van der Waals surface area contributed by atoms with Crippen LogP contribution >= 0.6 is 11.3 Å². The van der Waals surface area contributed by atoms with E-state index in [1.54, 1.807) is 24.3 Å². The Labute approximate surface area is 208 Å². The molecule has 1 heterocycles. The smallest absolute Gasteiger partial charge is 0.328 e. The van der Waals surface area contributed by atoms with Crippen LogP contribution in [-0.4, -0.2) is 17.0 Å². The number of rotatable bonds is 8. The highest BCUT2D eigenvalue weighted by Crippen LogP contribution is 2.48. The number of carboxylic acid groups (broad SMARTS) is 1. The fourth-order valence-electron chi connectivity index (χ4n) is 3.74. The number of benzene rings is 3. The molecule has 6 heteroatoms. The summed E-state index contributed by atoms with van der Waals surface area (Å²) in [7, 11) is 0. The number of ether oxygens (including phenoxy) is 2. The Morgan fingerprint density at radius 3 is 2.40 bits per heavy atom. The maximum Gasteiger partial charge on any atom is 0.328 e. The molecule has 0 spiro atoms. The maximum absolute atomic E-state index is 11.8. The number of carbonyl (C=O) groups excluding carboxylic acids is 1. The van der Waals surface area contributed by atoms with Gasteiger partial charge in [0.25, 0.3) is 0 Å². The van der Waals surface area contributed by atoms with Gasteiger partial charge < -0.3 is 14.6 Å². The topological polar surface area (TPSA) is 72.8 Å². The Bertz CT molecular complexity index is 1400. The van der Waals surface area contributed by atoms with Gasteiger partial charge in [0.15, 0.2) is 5.75 Å². The number of thiophene rings is 1. The lowest BCUT2D eigenvalue weighted by Crippen LogP contribution is -2.04. The van der Waals surface area contributed by atoms with Gasteiger partial charge in [0.1, 0.15) is 11.5 Å². The quantitative estimate of drug-likeness (QED) is 0.156. The third-order valence-corrected chi connectivity index (χ3v) is 6.65. The van der Waals surface area contributed by atoms with Gasteiger partial charge in [0.2, 0.25) is 0 Å². The number of carboxylic acids is 1. The van der Waals surface area contributed by atoms with Gasteiger partial charge in [-0.2, -0.15) is 0 Å². The van der Waals surface area contributed by atoms with Gasteiger partial charge in [-0.3, -0.25) is 4.79 Å². The van der Waals surface area contributed by atoms with Crippen molar-refractivity contribution in [3.05, 3.63) is 83.9 Å². The molecule has 1 N–H and O–H groups in total.